The summed E-state index contributed by atoms with van der Waals surface area (Å²) in [5.41, 5.74) is 1.93. The quantitative estimate of drug-likeness (QED) is 0.638. The Morgan fingerprint density at radius 3 is 2.66 bits per heavy atom. The second-order valence-corrected chi connectivity index (χ2v) is 8.53. The van der Waals surface area contributed by atoms with Crippen LogP contribution in [0.2, 0.25) is 0 Å². The van der Waals surface area contributed by atoms with Crippen LogP contribution in [0.25, 0.3) is 0 Å². The summed E-state index contributed by atoms with van der Waals surface area (Å²) < 4.78 is 30.8. The van der Waals surface area contributed by atoms with Gasteiger partial charge in [0, 0.05) is 24.4 Å². The molecule has 9 heteroatoms. The first kappa shape index (κ1) is 20.8. The third kappa shape index (κ3) is 6.03. The van der Waals surface area contributed by atoms with Crippen LogP contribution in [-0.4, -0.2) is 39.2 Å². The standard InChI is InChI=1S/C20H23N3O5S/c1-29(26,27)23-17-9-3-2-6-15(17)13-21-19(24)14-7-4-8-16(12-14)22-20(25)18-10-5-11-28-18/h2-4,6-9,12,18,23H,5,10-11,13H2,1H3,(H,21,24)(H,22,25). The molecule has 1 fully saturated rings. The maximum Gasteiger partial charge on any atom is 0.253 e. The Hall–Kier alpha value is -2.91. The predicted octanol–water partition coefficient (Wildman–Crippen LogP) is 2.11. The molecule has 29 heavy (non-hydrogen) atoms. The fourth-order valence-corrected chi connectivity index (χ4v) is 3.60. The highest BCUT2D eigenvalue weighted by atomic mass is 32.2. The van der Waals surface area contributed by atoms with Gasteiger partial charge in [0.05, 0.1) is 11.9 Å². The van der Waals surface area contributed by atoms with E-state index in [0.717, 1.165) is 12.7 Å². The number of anilines is 2. The average Bonchev–Trinajstić information content (AvgIpc) is 3.21. The molecule has 0 aliphatic carbocycles. The highest BCUT2D eigenvalue weighted by Gasteiger charge is 2.23. The zero-order chi connectivity index (χ0) is 20.9. The number of sulfonamides is 1. The van der Waals surface area contributed by atoms with Crippen LogP contribution in [-0.2, 0) is 26.1 Å². The van der Waals surface area contributed by atoms with Gasteiger partial charge in [-0.05, 0) is 42.7 Å². The molecule has 0 aromatic heterocycles. The van der Waals surface area contributed by atoms with Gasteiger partial charge in [0.2, 0.25) is 10.0 Å². The lowest BCUT2D eigenvalue weighted by Gasteiger charge is -2.13. The zero-order valence-corrected chi connectivity index (χ0v) is 16.8. The lowest BCUT2D eigenvalue weighted by Crippen LogP contribution is -2.27. The summed E-state index contributed by atoms with van der Waals surface area (Å²) in [4.78, 5) is 24.7. The maximum atomic E-state index is 12.5. The van der Waals surface area contributed by atoms with Crippen molar-refractivity contribution in [3.63, 3.8) is 0 Å². The molecule has 8 nitrogen and oxygen atoms in total. The van der Waals surface area contributed by atoms with E-state index in [9.17, 15) is 18.0 Å². The van der Waals surface area contributed by atoms with Crippen LogP contribution >= 0.6 is 0 Å². The first-order chi connectivity index (χ1) is 13.8. The van der Waals surface area contributed by atoms with E-state index in [-0.39, 0.29) is 18.4 Å². The maximum absolute atomic E-state index is 12.5. The molecule has 1 unspecified atom stereocenters. The molecule has 0 bridgehead atoms. The molecule has 1 saturated heterocycles. The van der Waals surface area contributed by atoms with Crippen molar-refractivity contribution in [3.8, 4) is 0 Å². The van der Waals surface area contributed by atoms with E-state index in [1.165, 1.54) is 0 Å². The number of benzene rings is 2. The number of ether oxygens (including phenoxy) is 1. The van der Waals surface area contributed by atoms with Gasteiger partial charge < -0.3 is 15.4 Å². The van der Waals surface area contributed by atoms with Gasteiger partial charge in [-0.1, -0.05) is 24.3 Å². The molecule has 2 aromatic carbocycles. The molecule has 154 valence electrons. The topological polar surface area (TPSA) is 114 Å². The molecule has 1 aliphatic heterocycles. The van der Waals surface area contributed by atoms with Crippen molar-refractivity contribution < 1.29 is 22.7 Å². The number of nitrogens with one attached hydrogen (secondary N) is 3. The predicted molar refractivity (Wildman–Crippen MR) is 110 cm³/mol. The smallest absolute Gasteiger partial charge is 0.253 e. The second kappa shape index (κ2) is 9.06. The number of carbonyl (C=O) groups excluding carboxylic acids is 2. The van der Waals surface area contributed by atoms with Crippen molar-refractivity contribution in [2.24, 2.45) is 0 Å². The monoisotopic (exact) mass is 417 g/mol. The summed E-state index contributed by atoms with van der Waals surface area (Å²) in [5, 5.41) is 5.53. The lowest BCUT2D eigenvalue weighted by atomic mass is 10.1. The van der Waals surface area contributed by atoms with Crippen LogP contribution in [0.1, 0.15) is 28.8 Å². The Morgan fingerprint density at radius 2 is 1.93 bits per heavy atom. The highest BCUT2D eigenvalue weighted by molar-refractivity contribution is 7.92. The summed E-state index contributed by atoms with van der Waals surface area (Å²) in [7, 11) is -3.43. The summed E-state index contributed by atoms with van der Waals surface area (Å²) in [6.07, 6.45) is 2.16. The van der Waals surface area contributed by atoms with Crippen LogP contribution < -0.4 is 15.4 Å². The average molecular weight is 417 g/mol. The lowest BCUT2D eigenvalue weighted by molar-refractivity contribution is -0.124. The largest absolute Gasteiger partial charge is 0.368 e. The van der Waals surface area contributed by atoms with Crippen molar-refractivity contribution in [2.75, 3.05) is 22.9 Å². The van der Waals surface area contributed by atoms with Gasteiger partial charge in [-0.2, -0.15) is 0 Å². The van der Waals surface area contributed by atoms with E-state index in [1.54, 1.807) is 48.5 Å². The molecule has 3 rings (SSSR count). The van der Waals surface area contributed by atoms with Crippen LogP contribution in [0.3, 0.4) is 0 Å². The van der Waals surface area contributed by atoms with Crippen LogP contribution in [0.5, 0.6) is 0 Å². The number of amides is 2. The number of para-hydroxylation sites is 1. The van der Waals surface area contributed by atoms with Gasteiger partial charge in [-0.3, -0.25) is 14.3 Å². The normalized spacial score (nSPS) is 16.2. The van der Waals surface area contributed by atoms with Gasteiger partial charge >= 0.3 is 0 Å². The van der Waals surface area contributed by atoms with E-state index in [1.807, 2.05) is 0 Å². The Kier molecular flexibility index (Phi) is 6.50. The van der Waals surface area contributed by atoms with E-state index in [4.69, 9.17) is 4.74 Å². The van der Waals surface area contributed by atoms with E-state index < -0.39 is 16.1 Å². The van der Waals surface area contributed by atoms with Crippen molar-refractivity contribution in [1.82, 2.24) is 5.32 Å². The first-order valence-corrected chi connectivity index (χ1v) is 11.1. The molecular formula is C20H23N3O5S. The van der Waals surface area contributed by atoms with Crippen molar-refractivity contribution in [1.29, 1.82) is 0 Å². The Bertz CT molecular complexity index is 1000. The summed E-state index contributed by atoms with van der Waals surface area (Å²) in [5.74, 6) is -0.562. The highest BCUT2D eigenvalue weighted by Crippen LogP contribution is 2.18. The second-order valence-electron chi connectivity index (χ2n) is 6.79. The molecule has 1 aliphatic rings. The van der Waals surface area contributed by atoms with Crippen molar-refractivity contribution >= 4 is 33.2 Å². The Labute approximate surface area is 169 Å². The SMILES string of the molecule is CS(=O)(=O)Nc1ccccc1CNC(=O)c1cccc(NC(=O)C2CCCO2)c1. The number of rotatable bonds is 7. The van der Waals surface area contributed by atoms with E-state index in [0.29, 0.717) is 35.5 Å². The van der Waals surface area contributed by atoms with Gasteiger partial charge in [0.15, 0.2) is 0 Å². The van der Waals surface area contributed by atoms with Crippen LogP contribution in [0.4, 0.5) is 11.4 Å². The van der Waals surface area contributed by atoms with Crippen LogP contribution in [0.15, 0.2) is 48.5 Å². The minimum Gasteiger partial charge on any atom is -0.368 e. The number of carbonyl (C=O) groups is 2. The third-order valence-corrected chi connectivity index (χ3v) is 4.96. The molecule has 2 aromatic rings. The minimum absolute atomic E-state index is 0.143. The van der Waals surface area contributed by atoms with Gasteiger partial charge in [0.25, 0.3) is 11.8 Å². The van der Waals surface area contributed by atoms with E-state index in [2.05, 4.69) is 15.4 Å². The summed E-state index contributed by atoms with van der Waals surface area (Å²) in [6, 6.07) is 13.4. The van der Waals surface area contributed by atoms with E-state index >= 15 is 0 Å². The molecule has 2 amide bonds. The minimum atomic E-state index is -3.43. The fraction of sp³-hybridized carbons (Fsp3) is 0.300. The zero-order valence-electron chi connectivity index (χ0n) is 16.0. The third-order valence-electron chi connectivity index (χ3n) is 4.37. The molecule has 0 spiro atoms. The molecule has 1 atom stereocenters. The first-order valence-electron chi connectivity index (χ1n) is 9.18. The molecule has 0 radical (unpaired) electrons. The number of hydrogen-bond donors (Lipinski definition) is 3. The van der Waals surface area contributed by atoms with Gasteiger partial charge in [-0.15, -0.1) is 0 Å². The van der Waals surface area contributed by atoms with Crippen molar-refractivity contribution in [3.05, 3.63) is 59.7 Å². The summed E-state index contributed by atoms with van der Waals surface area (Å²) in [6.45, 7) is 0.722. The molecule has 3 N–H and O–H groups in total. The summed E-state index contributed by atoms with van der Waals surface area (Å²) >= 11 is 0. The Balaban J connectivity index is 1.64. The molecule has 1 heterocycles. The fourth-order valence-electron chi connectivity index (χ4n) is 3.00. The van der Waals surface area contributed by atoms with Gasteiger partial charge in [0.1, 0.15) is 6.10 Å². The number of hydrogen-bond acceptors (Lipinski definition) is 5. The van der Waals surface area contributed by atoms with Gasteiger partial charge in [-0.25, -0.2) is 8.42 Å². The Morgan fingerprint density at radius 1 is 1.14 bits per heavy atom. The molecule has 0 saturated carbocycles. The van der Waals surface area contributed by atoms with Crippen LogP contribution in [0, 0.1) is 0 Å². The van der Waals surface area contributed by atoms with Crippen molar-refractivity contribution in [2.45, 2.75) is 25.5 Å². The molecular weight excluding hydrogens is 394 g/mol.